The summed E-state index contributed by atoms with van der Waals surface area (Å²) in [6, 6.07) is 0. The van der Waals surface area contributed by atoms with Gasteiger partial charge in [-0.3, -0.25) is 14.9 Å². The lowest BCUT2D eigenvalue weighted by atomic mass is 9.86. The number of carbonyl (C=O) groups excluding carboxylic acids is 2. The summed E-state index contributed by atoms with van der Waals surface area (Å²) in [6.07, 6.45) is 2.03. The number of ether oxygens (including phenoxy) is 1. The molecule has 19 heavy (non-hydrogen) atoms. The van der Waals surface area contributed by atoms with Gasteiger partial charge >= 0.3 is 5.97 Å². The van der Waals surface area contributed by atoms with Crippen molar-refractivity contribution in [3.8, 4) is 0 Å². The van der Waals surface area contributed by atoms with Crippen molar-refractivity contribution in [3.05, 3.63) is 10.6 Å². The van der Waals surface area contributed by atoms with Gasteiger partial charge in [0.1, 0.15) is 0 Å². The summed E-state index contributed by atoms with van der Waals surface area (Å²) in [7, 11) is 0. The van der Waals surface area contributed by atoms with E-state index in [1.807, 2.05) is 13.8 Å². The highest BCUT2D eigenvalue weighted by atomic mass is 32.1. The first-order valence-corrected chi connectivity index (χ1v) is 7.24. The third-order valence-electron chi connectivity index (χ3n) is 3.36. The fraction of sp³-hybridized carbons (Fsp3) is 0.615. The summed E-state index contributed by atoms with van der Waals surface area (Å²) < 4.78 is 5.15. The third kappa shape index (κ3) is 3.32. The van der Waals surface area contributed by atoms with Crippen LogP contribution < -0.4 is 5.32 Å². The second-order valence-corrected chi connectivity index (χ2v) is 6.06. The van der Waals surface area contributed by atoms with Crippen LogP contribution in [0, 0.1) is 19.8 Å². The third-order valence-corrected chi connectivity index (χ3v) is 4.35. The Hall–Kier alpha value is -1.43. The average Bonchev–Trinajstić information content (AvgIpc) is 2.54. The zero-order valence-electron chi connectivity index (χ0n) is 11.4. The largest absolute Gasteiger partial charge is 0.452 e. The molecule has 1 amide bonds. The highest BCUT2D eigenvalue weighted by Gasteiger charge is 2.29. The van der Waals surface area contributed by atoms with Crippen molar-refractivity contribution < 1.29 is 14.3 Å². The number of thiazole rings is 1. The molecule has 1 aliphatic rings. The summed E-state index contributed by atoms with van der Waals surface area (Å²) in [5.74, 6) is -0.610. The molecule has 2 rings (SSSR count). The number of amides is 1. The topological polar surface area (TPSA) is 68.3 Å². The highest BCUT2D eigenvalue weighted by Crippen LogP contribution is 2.28. The zero-order chi connectivity index (χ0) is 14.0. The van der Waals surface area contributed by atoms with Gasteiger partial charge in [-0.15, -0.1) is 11.3 Å². The molecular formula is C13H18N2O3S. The van der Waals surface area contributed by atoms with Gasteiger partial charge in [0.05, 0.1) is 11.6 Å². The summed E-state index contributed by atoms with van der Waals surface area (Å²) in [5, 5.41) is 3.22. The lowest BCUT2D eigenvalue weighted by Gasteiger charge is -2.24. The van der Waals surface area contributed by atoms with Gasteiger partial charge < -0.3 is 4.74 Å². The Morgan fingerprint density at radius 2 is 2.11 bits per heavy atom. The molecule has 0 aromatic carbocycles. The Kier molecular flexibility index (Phi) is 4.19. The van der Waals surface area contributed by atoms with Gasteiger partial charge in [-0.05, 0) is 33.6 Å². The molecule has 6 heteroatoms. The van der Waals surface area contributed by atoms with Crippen LogP contribution in [0.2, 0.25) is 0 Å². The summed E-state index contributed by atoms with van der Waals surface area (Å²) >= 11 is 1.42. The number of carbonyl (C=O) groups is 2. The molecule has 0 bridgehead atoms. The molecule has 1 aromatic heterocycles. The van der Waals surface area contributed by atoms with Gasteiger partial charge in [0.15, 0.2) is 11.2 Å². The van der Waals surface area contributed by atoms with Gasteiger partial charge in [0, 0.05) is 4.88 Å². The number of esters is 1. The molecule has 0 aliphatic heterocycles. The van der Waals surface area contributed by atoms with Crippen LogP contribution in [0.15, 0.2) is 0 Å². The van der Waals surface area contributed by atoms with Crippen LogP contribution in [0.1, 0.15) is 36.8 Å². The lowest BCUT2D eigenvalue weighted by Crippen LogP contribution is -2.34. The van der Waals surface area contributed by atoms with Crippen molar-refractivity contribution >= 4 is 28.3 Å². The molecule has 0 unspecified atom stereocenters. The number of aryl methyl sites for hydroxylation is 2. The summed E-state index contributed by atoms with van der Waals surface area (Å²) in [5.41, 5.74) is 0.902. The molecule has 0 spiro atoms. The van der Waals surface area contributed by atoms with Crippen LogP contribution in [0.4, 0.5) is 5.13 Å². The Labute approximate surface area is 116 Å². The zero-order valence-corrected chi connectivity index (χ0v) is 12.2. The lowest BCUT2D eigenvalue weighted by molar-refractivity contribution is -0.159. The van der Waals surface area contributed by atoms with Gasteiger partial charge in [0.2, 0.25) is 0 Å². The number of anilines is 1. The number of nitrogens with zero attached hydrogens (tertiary/aromatic N) is 1. The first-order valence-electron chi connectivity index (χ1n) is 6.42. The van der Waals surface area contributed by atoms with Crippen molar-refractivity contribution in [1.29, 1.82) is 0 Å². The molecule has 1 aromatic rings. The minimum atomic E-state index is -0.780. The fourth-order valence-corrected chi connectivity index (χ4v) is 2.52. The van der Waals surface area contributed by atoms with E-state index in [1.54, 1.807) is 6.92 Å². The number of hydrogen-bond acceptors (Lipinski definition) is 5. The van der Waals surface area contributed by atoms with Gasteiger partial charge in [-0.2, -0.15) is 0 Å². The predicted octanol–water partition coefficient (Wildman–Crippen LogP) is 2.43. The maximum Gasteiger partial charge on any atom is 0.309 e. The first-order chi connectivity index (χ1) is 8.97. The van der Waals surface area contributed by atoms with Gasteiger partial charge in [-0.1, -0.05) is 6.42 Å². The maximum absolute atomic E-state index is 11.9. The molecule has 1 fully saturated rings. The van der Waals surface area contributed by atoms with Crippen molar-refractivity contribution in [2.75, 3.05) is 5.32 Å². The maximum atomic E-state index is 11.9. The molecule has 1 aliphatic carbocycles. The minimum absolute atomic E-state index is 0.0143. The standard InChI is InChI=1S/C13H18N2O3S/c1-7-9(3)19-13(14-7)15-11(16)8(2)18-12(17)10-5-4-6-10/h8,10H,4-6H2,1-3H3,(H,14,15,16)/t8-/m1/s1. The van der Waals surface area contributed by atoms with E-state index in [-0.39, 0.29) is 17.8 Å². The smallest absolute Gasteiger partial charge is 0.309 e. The molecule has 1 N–H and O–H groups in total. The van der Waals surface area contributed by atoms with Crippen molar-refractivity contribution in [2.45, 2.75) is 46.1 Å². The van der Waals surface area contributed by atoms with Crippen LogP contribution in [0.3, 0.4) is 0 Å². The number of rotatable bonds is 4. The monoisotopic (exact) mass is 282 g/mol. The Morgan fingerprint density at radius 1 is 1.42 bits per heavy atom. The molecule has 104 valence electrons. The SMILES string of the molecule is Cc1nc(NC(=O)[C@@H](C)OC(=O)C2CCC2)sc1C. The Morgan fingerprint density at radius 3 is 2.58 bits per heavy atom. The summed E-state index contributed by atoms with van der Waals surface area (Å²) in [4.78, 5) is 28.8. The quantitative estimate of drug-likeness (QED) is 0.861. The van der Waals surface area contributed by atoms with Crippen LogP contribution in [0.25, 0.3) is 0 Å². The minimum Gasteiger partial charge on any atom is -0.452 e. The molecule has 1 saturated carbocycles. The first kappa shape index (κ1) is 14.0. The number of aromatic nitrogens is 1. The van der Waals surface area contributed by atoms with E-state index in [9.17, 15) is 9.59 Å². The van der Waals surface area contributed by atoms with E-state index in [1.165, 1.54) is 11.3 Å². The Bertz CT molecular complexity index is 475. The van der Waals surface area contributed by atoms with E-state index in [4.69, 9.17) is 4.74 Å². The molecule has 1 atom stereocenters. The molecule has 1 heterocycles. The second kappa shape index (κ2) is 5.69. The predicted molar refractivity (Wildman–Crippen MR) is 73.1 cm³/mol. The molecule has 5 nitrogen and oxygen atoms in total. The van der Waals surface area contributed by atoms with Crippen LogP contribution >= 0.6 is 11.3 Å². The number of hydrogen-bond donors (Lipinski definition) is 1. The highest BCUT2D eigenvalue weighted by molar-refractivity contribution is 7.15. The van der Waals surface area contributed by atoms with Gasteiger partial charge in [-0.25, -0.2) is 4.98 Å². The fourth-order valence-electron chi connectivity index (χ4n) is 1.70. The van der Waals surface area contributed by atoms with Crippen LogP contribution in [-0.4, -0.2) is 23.0 Å². The van der Waals surface area contributed by atoms with E-state index in [0.717, 1.165) is 29.8 Å². The van der Waals surface area contributed by atoms with Crippen LogP contribution in [0.5, 0.6) is 0 Å². The van der Waals surface area contributed by atoms with E-state index in [0.29, 0.717) is 5.13 Å². The van der Waals surface area contributed by atoms with E-state index < -0.39 is 6.10 Å². The van der Waals surface area contributed by atoms with Crippen molar-refractivity contribution in [2.24, 2.45) is 5.92 Å². The molecule has 0 radical (unpaired) electrons. The average molecular weight is 282 g/mol. The second-order valence-electron chi connectivity index (χ2n) is 4.86. The van der Waals surface area contributed by atoms with E-state index >= 15 is 0 Å². The Balaban J connectivity index is 1.86. The number of nitrogens with one attached hydrogen (secondary N) is 1. The van der Waals surface area contributed by atoms with Crippen molar-refractivity contribution in [3.63, 3.8) is 0 Å². The van der Waals surface area contributed by atoms with Gasteiger partial charge in [0.25, 0.3) is 5.91 Å². The summed E-state index contributed by atoms with van der Waals surface area (Å²) in [6.45, 7) is 5.42. The molecular weight excluding hydrogens is 264 g/mol. The van der Waals surface area contributed by atoms with Crippen molar-refractivity contribution in [1.82, 2.24) is 4.98 Å². The van der Waals surface area contributed by atoms with E-state index in [2.05, 4.69) is 10.3 Å². The molecule has 0 saturated heterocycles. The van der Waals surface area contributed by atoms with Crippen LogP contribution in [-0.2, 0) is 14.3 Å². The normalized spacial score (nSPS) is 16.6.